The second-order valence-corrected chi connectivity index (χ2v) is 6.53. The molecule has 28 heavy (non-hydrogen) atoms. The quantitative estimate of drug-likeness (QED) is 0.556. The first-order valence-corrected chi connectivity index (χ1v) is 8.86. The number of ether oxygens (including phenoxy) is 2. The van der Waals surface area contributed by atoms with Crippen LogP contribution in [0.2, 0.25) is 0 Å². The Morgan fingerprint density at radius 1 is 0.786 bits per heavy atom. The molecule has 0 amide bonds. The number of carbonyl (C=O) groups is 4. The largest absolute Gasteiger partial charge is 0.461 e. The molecule has 0 aliphatic heterocycles. The molecule has 2 rings (SSSR count). The van der Waals surface area contributed by atoms with Crippen LogP contribution in [0.5, 0.6) is 0 Å². The predicted octanol–water partition coefficient (Wildman–Crippen LogP) is 3.00. The maximum absolute atomic E-state index is 12.5. The highest BCUT2D eigenvalue weighted by atomic mass is 16.5. The molecule has 0 saturated carbocycles. The van der Waals surface area contributed by atoms with E-state index in [1.807, 2.05) is 0 Å². The fourth-order valence-electron chi connectivity index (χ4n) is 3.30. The van der Waals surface area contributed by atoms with E-state index >= 15 is 0 Å². The Balaban J connectivity index is 2.17. The highest BCUT2D eigenvalue weighted by Crippen LogP contribution is 2.21. The molecule has 150 valence electrons. The van der Waals surface area contributed by atoms with E-state index in [0.717, 1.165) is 0 Å². The molecule has 0 saturated heterocycles. The third-order valence-electron chi connectivity index (χ3n) is 4.52. The molecule has 0 aromatic carbocycles. The van der Waals surface area contributed by atoms with Crippen molar-refractivity contribution in [2.24, 2.45) is 0 Å². The minimum Gasteiger partial charge on any atom is -0.461 e. The smallest absolute Gasteiger partial charge is 0.355 e. The summed E-state index contributed by atoms with van der Waals surface area (Å²) in [6.07, 6.45) is 0. The van der Waals surface area contributed by atoms with Crippen molar-refractivity contribution in [1.29, 1.82) is 0 Å². The lowest BCUT2D eigenvalue weighted by molar-refractivity contribution is 0.0472. The first-order chi connectivity index (χ1) is 13.1. The van der Waals surface area contributed by atoms with E-state index in [1.165, 1.54) is 6.92 Å². The van der Waals surface area contributed by atoms with Gasteiger partial charge in [-0.05, 0) is 52.7 Å². The first-order valence-electron chi connectivity index (χ1n) is 8.86. The van der Waals surface area contributed by atoms with E-state index in [9.17, 15) is 19.2 Å². The van der Waals surface area contributed by atoms with Crippen LogP contribution in [0.3, 0.4) is 0 Å². The molecular formula is C20H24N2O6. The summed E-state index contributed by atoms with van der Waals surface area (Å²) in [5.74, 6) is -1.87. The summed E-state index contributed by atoms with van der Waals surface area (Å²) in [6.45, 7) is 9.44. The van der Waals surface area contributed by atoms with E-state index in [-0.39, 0.29) is 29.3 Å². The predicted molar refractivity (Wildman–Crippen MR) is 101 cm³/mol. The summed E-state index contributed by atoms with van der Waals surface area (Å²) in [5, 5.41) is 0. The zero-order chi connectivity index (χ0) is 21.2. The zero-order valence-corrected chi connectivity index (χ0v) is 16.9. The van der Waals surface area contributed by atoms with Crippen molar-refractivity contribution >= 4 is 23.5 Å². The van der Waals surface area contributed by atoms with Crippen molar-refractivity contribution in [3.05, 3.63) is 45.0 Å². The van der Waals surface area contributed by atoms with Crippen LogP contribution in [0.1, 0.15) is 78.1 Å². The fraction of sp³-hybridized carbons (Fsp3) is 0.400. The van der Waals surface area contributed by atoms with Crippen LogP contribution in [-0.4, -0.2) is 46.7 Å². The number of rotatable bonds is 7. The average Bonchev–Trinajstić information content (AvgIpc) is 3.08. The van der Waals surface area contributed by atoms with Gasteiger partial charge in [0, 0.05) is 17.0 Å². The molecule has 2 aromatic heterocycles. The highest BCUT2D eigenvalue weighted by Gasteiger charge is 2.25. The molecule has 2 heterocycles. The van der Waals surface area contributed by atoms with E-state index in [0.29, 0.717) is 28.1 Å². The van der Waals surface area contributed by atoms with E-state index in [1.54, 1.807) is 34.6 Å². The number of nitrogens with one attached hydrogen (secondary N) is 2. The Morgan fingerprint density at radius 3 is 1.86 bits per heavy atom. The van der Waals surface area contributed by atoms with Gasteiger partial charge in [0.05, 0.1) is 17.9 Å². The van der Waals surface area contributed by atoms with E-state index in [4.69, 9.17) is 9.47 Å². The van der Waals surface area contributed by atoms with Crippen LogP contribution >= 0.6 is 0 Å². The molecule has 0 bridgehead atoms. The molecule has 0 atom stereocenters. The number of esters is 2. The standard InChI is InChI=1S/C20H24N2O6/c1-7-27-20(26)18-10(3)16(12(5)22-18)19(25)28-8-14(24)17-9(2)15(13(6)23)11(4)21-17/h21-22H,7-8H2,1-6H3. The summed E-state index contributed by atoms with van der Waals surface area (Å²) >= 11 is 0. The lowest BCUT2D eigenvalue weighted by Gasteiger charge is -2.05. The Kier molecular flexibility index (Phi) is 6.23. The number of aromatic nitrogens is 2. The van der Waals surface area contributed by atoms with Crippen molar-refractivity contribution in [2.75, 3.05) is 13.2 Å². The minimum atomic E-state index is -0.720. The molecule has 8 nitrogen and oxygen atoms in total. The topological polar surface area (TPSA) is 118 Å². The summed E-state index contributed by atoms with van der Waals surface area (Å²) in [4.78, 5) is 54.3. The van der Waals surface area contributed by atoms with E-state index < -0.39 is 24.3 Å². The highest BCUT2D eigenvalue weighted by molar-refractivity contribution is 6.05. The lowest BCUT2D eigenvalue weighted by Crippen LogP contribution is -2.16. The molecule has 0 aliphatic rings. The third-order valence-corrected chi connectivity index (χ3v) is 4.52. The maximum atomic E-state index is 12.5. The monoisotopic (exact) mass is 388 g/mol. The van der Waals surface area contributed by atoms with Gasteiger partial charge >= 0.3 is 11.9 Å². The number of Topliss-reactive ketones (excluding diaryl/α,β-unsaturated/α-hetero) is 2. The van der Waals surface area contributed by atoms with E-state index in [2.05, 4.69) is 9.97 Å². The fourth-order valence-corrected chi connectivity index (χ4v) is 3.30. The van der Waals surface area contributed by atoms with Gasteiger partial charge in [-0.15, -0.1) is 0 Å². The second kappa shape index (κ2) is 8.24. The maximum Gasteiger partial charge on any atom is 0.355 e. The number of H-pyrrole nitrogens is 2. The van der Waals surface area contributed by atoms with Crippen molar-refractivity contribution in [3.8, 4) is 0 Å². The van der Waals surface area contributed by atoms with Gasteiger partial charge in [-0.2, -0.15) is 0 Å². The number of hydrogen-bond donors (Lipinski definition) is 2. The molecular weight excluding hydrogens is 364 g/mol. The summed E-state index contributed by atoms with van der Waals surface area (Å²) < 4.78 is 10.1. The van der Waals surface area contributed by atoms with Crippen LogP contribution in [0, 0.1) is 27.7 Å². The van der Waals surface area contributed by atoms with Crippen molar-refractivity contribution in [1.82, 2.24) is 9.97 Å². The number of aryl methyl sites for hydroxylation is 2. The minimum absolute atomic E-state index is 0.146. The Morgan fingerprint density at radius 2 is 1.32 bits per heavy atom. The lowest BCUT2D eigenvalue weighted by atomic mass is 10.1. The van der Waals surface area contributed by atoms with Gasteiger partial charge in [0.1, 0.15) is 5.69 Å². The number of carbonyl (C=O) groups excluding carboxylic acids is 4. The molecule has 0 fully saturated rings. The molecule has 0 aliphatic carbocycles. The molecule has 0 spiro atoms. The Hall–Kier alpha value is -3.16. The Labute approximate surface area is 162 Å². The molecule has 0 radical (unpaired) electrons. The van der Waals surface area contributed by atoms with Gasteiger partial charge in [-0.1, -0.05) is 0 Å². The first kappa shape index (κ1) is 21.1. The van der Waals surface area contributed by atoms with Crippen molar-refractivity contribution in [2.45, 2.75) is 41.5 Å². The van der Waals surface area contributed by atoms with Gasteiger partial charge in [0.15, 0.2) is 12.4 Å². The molecule has 0 unspecified atom stereocenters. The summed E-state index contributed by atoms with van der Waals surface area (Å²) in [7, 11) is 0. The van der Waals surface area contributed by atoms with Gasteiger partial charge in [-0.3, -0.25) is 9.59 Å². The normalized spacial score (nSPS) is 10.6. The van der Waals surface area contributed by atoms with Crippen molar-refractivity contribution < 1.29 is 28.7 Å². The second-order valence-electron chi connectivity index (χ2n) is 6.53. The average molecular weight is 388 g/mol. The Bertz CT molecular complexity index is 964. The van der Waals surface area contributed by atoms with Gasteiger partial charge in [0.25, 0.3) is 0 Å². The van der Waals surface area contributed by atoms with Crippen LogP contribution in [-0.2, 0) is 9.47 Å². The zero-order valence-electron chi connectivity index (χ0n) is 16.9. The summed E-state index contributed by atoms with van der Waals surface area (Å²) in [5.41, 5.74) is 3.05. The van der Waals surface area contributed by atoms with Crippen LogP contribution in [0.4, 0.5) is 0 Å². The molecule has 8 heteroatoms. The van der Waals surface area contributed by atoms with Gasteiger partial charge in [0.2, 0.25) is 5.78 Å². The van der Waals surface area contributed by atoms with Gasteiger partial charge < -0.3 is 19.4 Å². The van der Waals surface area contributed by atoms with Crippen LogP contribution in [0.15, 0.2) is 0 Å². The summed E-state index contributed by atoms with van der Waals surface area (Å²) in [6, 6.07) is 0. The van der Waals surface area contributed by atoms with Gasteiger partial charge in [-0.25, -0.2) is 9.59 Å². The van der Waals surface area contributed by atoms with Crippen LogP contribution < -0.4 is 0 Å². The molecule has 2 N–H and O–H groups in total. The van der Waals surface area contributed by atoms with Crippen LogP contribution in [0.25, 0.3) is 0 Å². The van der Waals surface area contributed by atoms with Crippen molar-refractivity contribution in [3.63, 3.8) is 0 Å². The number of hydrogen-bond acceptors (Lipinski definition) is 6. The number of aromatic amines is 2. The number of ketones is 2. The SMILES string of the molecule is CCOC(=O)c1[nH]c(C)c(C(=O)OCC(=O)c2[nH]c(C)c(C(C)=O)c2C)c1C. The third kappa shape index (κ3) is 3.90. The molecule has 2 aromatic rings.